The lowest BCUT2D eigenvalue weighted by molar-refractivity contribution is -0.136. The van der Waals surface area contributed by atoms with Crippen LogP contribution in [-0.2, 0) is 16.2 Å². The predicted octanol–water partition coefficient (Wildman–Crippen LogP) is 3.45. The topological polar surface area (TPSA) is 46.2 Å². The van der Waals surface area contributed by atoms with Gasteiger partial charge in [-0.2, -0.15) is 13.2 Å². The third-order valence-electron chi connectivity index (χ3n) is 1.90. The second-order valence-corrected chi connectivity index (χ2v) is 6.43. The van der Waals surface area contributed by atoms with Crippen molar-refractivity contribution in [3.05, 3.63) is 28.2 Å². The van der Waals surface area contributed by atoms with Crippen LogP contribution in [0.5, 0.6) is 0 Å². The normalized spacial score (nSPS) is 12.5. The fraction of sp³-hybridized carbons (Fsp3) is 0.333. The molecule has 18 heavy (non-hydrogen) atoms. The lowest BCUT2D eigenvalue weighted by atomic mass is 10.2. The van der Waals surface area contributed by atoms with E-state index in [9.17, 15) is 21.6 Å². The van der Waals surface area contributed by atoms with Gasteiger partial charge in [0.2, 0.25) is 10.0 Å². The first kappa shape index (κ1) is 15.6. The Hall–Kier alpha value is -0.470. The number of halogens is 5. The van der Waals surface area contributed by atoms with Crippen molar-refractivity contribution < 1.29 is 21.6 Å². The Morgan fingerprint density at radius 1 is 1.33 bits per heavy atom. The first-order chi connectivity index (χ1) is 8.15. The van der Waals surface area contributed by atoms with Crippen LogP contribution in [0, 0.1) is 0 Å². The van der Waals surface area contributed by atoms with E-state index < -0.39 is 33.2 Å². The summed E-state index contributed by atoms with van der Waals surface area (Å²) in [6.45, 7) is 0. The SMILES string of the molecule is O=S(=O)(CCCl)Nc1ccc(Br)cc1C(F)(F)F. The van der Waals surface area contributed by atoms with Crippen LogP contribution < -0.4 is 4.72 Å². The second-order valence-electron chi connectivity index (χ2n) is 3.30. The summed E-state index contributed by atoms with van der Waals surface area (Å²) in [6.07, 6.45) is -4.65. The molecule has 0 bridgehead atoms. The van der Waals surface area contributed by atoms with Crippen LogP contribution in [0.15, 0.2) is 22.7 Å². The second kappa shape index (κ2) is 5.66. The molecule has 1 rings (SSSR count). The molecule has 0 heterocycles. The summed E-state index contributed by atoms with van der Waals surface area (Å²) in [5.41, 5.74) is -1.58. The molecule has 0 saturated heterocycles. The van der Waals surface area contributed by atoms with E-state index in [0.29, 0.717) is 0 Å². The van der Waals surface area contributed by atoms with Crippen molar-refractivity contribution in [1.29, 1.82) is 0 Å². The third kappa shape index (κ3) is 4.33. The number of hydrogen-bond acceptors (Lipinski definition) is 2. The maximum Gasteiger partial charge on any atom is 0.418 e. The van der Waals surface area contributed by atoms with E-state index in [0.717, 1.165) is 12.1 Å². The summed E-state index contributed by atoms with van der Waals surface area (Å²) in [7, 11) is -3.88. The Morgan fingerprint density at radius 3 is 2.44 bits per heavy atom. The molecule has 3 nitrogen and oxygen atoms in total. The fourth-order valence-corrected chi connectivity index (χ4v) is 2.95. The molecule has 0 unspecified atom stereocenters. The number of benzene rings is 1. The summed E-state index contributed by atoms with van der Waals surface area (Å²) in [6, 6.07) is 3.16. The number of hydrogen-bond donors (Lipinski definition) is 1. The molecule has 0 aliphatic rings. The van der Waals surface area contributed by atoms with Gasteiger partial charge in [0.1, 0.15) is 0 Å². The zero-order valence-electron chi connectivity index (χ0n) is 8.76. The van der Waals surface area contributed by atoms with Crippen molar-refractivity contribution in [2.45, 2.75) is 6.18 Å². The highest BCUT2D eigenvalue weighted by molar-refractivity contribution is 9.10. The molecule has 0 aromatic heterocycles. The molecule has 9 heteroatoms. The summed E-state index contributed by atoms with van der Waals surface area (Å²) in [4.78, 5) is 0. The highest BCUT2D eigenvalue weighted by Gasteiger charge is 2.34. The average Bonchev–Trinajstić information content (AvgIpc) is 2.18. The predicted molar refractivity (Wildman–Crippen MR) is 67.3 cm³/mol. The van der Waals surface area contributed by atoms with Crippen molar-refractivity contribution in [2.75, 3.05) is 16.4 Å². The van der Waals surface area contributed by atoms with Crippen LogP contribution in [0.2, 0.25) is 0 Å². The summed E-state index contributed by atoms with van der Waals surface area (Å²) in [5, 5.41) is 0. The Morgan fingerprint density at radius 2 is 1.94 bits per heavy atom. The zero-order chi connectivity index (χ0) is 14.0. The van der Waals surface area contributed by atoms with E-state index in [2.05, 4.69) is 15.9 Å². The summed E-state index contributed by atoms with van der Waals surface area (Å²) < 4.78 is 63.0. The van der Waals surface area contributed by atoms with E-state index in [1.165, 1.54) is 6.07 Å². The zero-order valence-corrected chi connectivity index (χ0v) is 11.9. The van der Waals surface area contributed by atoms with E-state index >= 15 is 0 Å². The molecule has 1 N–H and O–H groups in total. The Labute approximate surface area is 116 Å². The molecular weight excluding hydrogens is 359 g/mol. The number of alkyl halides is 4. The third-order valence-corrected chi connectivity index (χ3v) is 4.08. The fourth-order valence-electron chi connectivity index (χ4n) is 1.16. The minimum atomic E-state index is -4.65. The van der Waals surface area contributed by atoms with E-state index in [-0.39, 0.29) is 10.4 Å². The van der Waals surface area contributed by atoms with Crippen LogP contribution in [-0.4, -0.2) is 20.1 Å². The van der Waals surface area contributed by atoms with Gasteiger partial charge >= 0.3 is 6.18 Å². The molecule has 1 aromatic rings. The highest BCUT2D eigenvalue weighted by Crippen LogP contribution is 2.36. The molecular formula is C9H8BrClF3NO2S. The van der Waals surface area contributed by atoms with Crippen LogP contribution in [0.4, 0.5) is 18.9 Å². The number of rotatable bonds is 4. The standard InChI is InChI=1S/C9H8BrClF3NO2S/c10-6-1-2-8(7(5-6)9(12,13)14)15-18(16,17)4-3-11/h1-2,5,15H,3-4H2. The molecule has 1 aromatic carbocycles. The Balaban J connectivity index is 3.18. The molecule has 0 spiro atoms. The molecule has 0 atom stereocenters. The van der Waals surface area contributed by atoms with Gasteiger partial charge in [0, 0.05) is 10.4 Å². The number of anilines is 1. The van der Waals surface area contributed by atoms with Gasteiger partial charge in [0.25, 0.3) is 0 Å². The molecule has 0 fully saturated rings. The Kier molecular flexibility index (Phi) is 4.90. The maximum absolute atomic E-state index is 12.7. The van der Waals surface area contributed by atoms with Crippen molar-refractivity contribution in [3.8, 4) is 0 Å². The van der Waals surface area contributed by atoms with Gasteiger partial charge in [-0.25, -0.2) is 8.42 Å². The van der Waals surface area contributed by atoms with Gasteiger partial charge in [-0.15, -0.1) is 11.6 Å². The lowest BCUT2D eigenvalue weighted by Crippen LogP contribution is -2.20. The van der Waals surface area contributed by atoms with Crippen molar-refractivity contribution >= 4 is 43.2 Å². The molecule has 0 radical (unpaired) electrons. The van der Waals surface area contributed by atoms with Crippen molar-refractivity contribution in [1.82, 2.24) is 0 Å². The van der Waals surface area contributed by atoms with Gasteiger partial charge in [0.15, 0.2) is 0 Å². The quantitative estimate of drug-likeness (QED) is 0.830. The highest BCUT2D eigenvalue weighted by atomic mass is 79.9. The van der Waals surface area contributed by atoms with Gasteiger partial charge in [-0.1, -0.05) is 15.9 Å². The minimum Gasteiger partial charge on any atom is -0.283 e. The lowest BCUT2D eigenvalue weighted by Gasteiger charge is -2.14. The van der Waals surface area contributed by atoms with Crippen LogP contribution in [0.1, 0.15) is 5.56 Å². The van der Waals surface area contributed by atoms with E-state index in [1.54, 1.807) is 0 Å². The number of nitrogens with one attached hydrogen (secondary N) is 1. The first-order valence-electron chi connectivity index (χ1n) is 4.59. The Bertz CT molecular complexity index is 533. The maximum atomic E-state index is 12.7. The molecule has 0 aliphatic carbocycles. The van der Waals surface area contributed by atoms with Crippen molar-refractivity contribution in [3.63, 3.8) is 0 Å². The molecule has 0 aliphatic heterocycles. The van der Waals surface area contributed by atoms with E-state index in [1.807, 2.05) is 4.72 Å². The first-order valence-corrected chi connectivity index (χ1v) is 7.57. The number of sulfonamides is 1. The van der Waals surface area contributed by atoms with Crippen LogP contribution in [0.25, 0.3) is 0 Å². The van der Waals surface area contributed by atoms with E-state index in [4.69, 9.17) is 11.6 Å². The average molecular weight is 367 g/mol. The summed E-state index contributed by atoms with van der Waals surface area (Å²) >= 11 is 8.16. The van der Waals surface area contributed by atoms with Gasteiger partial charge in [-0.3, -0.25) is 4.72 Å². The summed E-state index contributed by atoms with van der Waals surface area (Å²) in [5.74, 6) is -0.658. The van der Waals surface area contributed by atoms with Gasteiger partial charge < -0.3 is 0 Å². The molecule has 0 amide bonds. The van der Waals surface area contributed by atoms with Gasteiger partial charge in [-0.05, 0) is 18.2 Å². The van der Waals surface area contributed by atoms with Crippen LogP contribution >= 0.6 is 27.5 Å². The largest absolute Gasteiger partial charge is 0.418 e. The minimum absolute atomic E-state index is 0.201. The van der Waals surface area contributed by atoms with Crippen molar-refractivity contribution in [2.24, 2.45) is 0 Å². The molecule has 0 saturated carbocycles. The smallest absolute Gasteiger partial charge is 0.283 e. The van der Waals surface area contributed by atoms with Crippen LogP contribution in [0.3, 0.4) is 0 Å². The monoisotopic (exact) mass is 365 g/mol. The molecule has 102 valence electrons. The van der Waals surface area contributed by atoms with Gasteiger partial charge in [0.05, 0.1) is 17.0 Å².